The number of hydrogen-bond acceptors (Lipinski definition) is 3. The Morgan fingerprint density at radius 3 is 2.47 bits per heavy atom. The van der Waals surface area contributed by atoms with E-state index < -0.39 is 11.9 Å². The second kappa shape index (κ2) is 7.04. The molecule has 15 heavy (non-hydrogen) atoms. The van der Waals surface area contributed by atoms with Crippen LogP contribution in [0.2, 0.25) is 0 Å². The van der Waals surface area contributed by atoms with Gasteiger partial charge in [-0.25, -0.2) is 4.79 Å². The topological polar surface area (TPSA) is 63.6 Å². The van der Waals surface area contributed by atoms with Gasteiger partial charge in [0.15, 0.2) is 0 Å². The normalized spacial score (nSPS) is 10.1. The molecule has 0 amide bonds. The van der Waals surface area contributed by atoms with E-state index in [-0.39, 0.29) is 12.0 Å². The van der Waals surface area contributed by atoms with Crippen LogP contribution in [0.1, 0.15) is 33.1 Å². The van der Waals surface area contributed by atoms with Gasteiger partial charge >= 0.3 is 11.9 Å². The maximum Gasteiger partial charge on any atom is 0.333 e. The molecule has 0 aliphatic carbocycles. The van der Waals surface area contributed by atoms with Crippen LogP contribution in [0.5, 0.6) is 0 Å². The van der Waals surface area contributed by atoms with Gasteiger partial charge in [-0.3, -0.25) is 4.79 Å². The summed E-state index contributed by atoms with van der Waals surface area (Å²) in [7, 11) is 0. The summed E-state index contributed by atoms with van der Waals surface area (Å²) in [6.45, 7) is 7.86. The van der Waals surface area contributed by atoms with Gasteiger partial charge in [0.2, 0.25) is 0 Å². The maximum absolute atomic E-state index is 11.1. The predicted molar refractivity (Wildman–Crippen MR) is 56.4 cm³/mol. The van der Waals surface area contributed by atoms with E-state index in [0.29, 0.717) is 12.5 Å². The molecule has 0 aliphatic heterocycles. The van der Waals surface area contributed by atoms with E-state index in [1.54, 1.807) is 0 Å². The molecule has 0 aromatic rings. The zero-order valence-corrected chi connectivity index (χ0v) is 9.28. The van der Waals surface area contributed by atoms with Crippen molar-refractivity contribution >= 4 is 11.9 Å². The number of aliphatic carboxylic acids is 1. The summed E-state index contributed by atoms with van der Waals surface area (Å²) in [5.41, 5.74) is -0.00736. The fourth-order valence-electron chi connectivity index (χ4n) is 1.01. The van der Waals surface area contributed by atoms with Gasteiger partial charge in [-0.1, -0.05) is 20.4 Å². The number of hydrogen-bond donors (Lipinski definition) is 1. The highest BCUT2D eigenvalue weighted by atomic mass is 16.5. The molecule has 1 N–H and O–H groups in total. The highest BCUT2D eigenvalue weighted by molar-refractivity contribution is 5.92. The lowest BCUT2D eigenvalue weighted by Gasteiger charge is -2.06. The Labute approximate surface area is 89.9 Å². The van der Waals surface area contributed by atoms with E-state index in [1.165, 1.54) is 0 Å². The summed E-state index contributed by atoms with van der Waals surface area (Å²) in [5.74, 6) is -1.11. The molecule has 0 aliphatic rings. The van der Waals surface area contributed by atoms with Crippen molar-refractivity contribution in [1.29, 1.82) is 0 Å². The van der Waals surface area contributed by atoms with Crippen molar-refractivity contribution in [2.45, 2.75) is 33.1 Å². The van der Waals surface area contributed by atoms with Gasteiger partial charge in [0.05, 0.1) is 13.0 Å². The Morgan fingerprint density at radius 2 is 2.00 bits per heavy atom. The molecule has 0 unspecified atom stereocenters. The summed E-state index contributed by atoms with van der Waals surface area (Å²) in [4.78, 5) is 21.4. The number of carbonyl (C=O) groups is 2. The average Bonchev–Trinajstić information content (AvgIpc) is 2.10. The van der Waals surface area contributed by atoms with Gasteiger partial charge in [-0.15, -0.1) is 0 Å². The second-order valence-corrected chi connectivity index (χ2v) is 3.85. The molecular formula is C11H18O4. The molecule has 0 saturated heterocycles. The van der Waals surface area contributed by atoms with Crippen molar-refractivity contribution < 1.29 is 19.4 Å². The fourth-order valence-corrected chi connectivity index (χ4v) is 1.01. The third-order valence-electron chi connectivity index (χ3n) is 1.81. The summed E-state index contributed by atoms with van der Waals surface area (Å²) in [5, 5.41) is 8.41. The first-order valence-electron chi connectivity index (χ1n) is 5.00. The molecule has 0 heterocycles. The first-order chi connectivity index (χ1) is 6.93. The number of ether oxygens (including phenoxy) is 1. The van der Waals surface area contributed by atoms with E-state index in [9.17, 15) is 9.59 Å². The highest BCUT2D eigenvalue weighted by Gasteiger charge is 2.11. The smallest absolute Gasteiger partial charge is 0.333 e. The molecule has 0 bridgehead atoms. The molecule has 0 aromatic heterocycles. The number of carboxylic acids is 1. The minimum Gasteiger partial charge on any atom is -0.481 e. The molecular weight excluding hydrogens is 196 g/mol. The monoisotopic (exact) mass is 214 g/mol. The van der Waals surface area contributed by atoms with E-state index in [2.05, 4.69) is 20.4 Å². The van der Waals surface area contributed by atoms with Crippen LogP contribution in [0.25, 0.3) is 0 Å². The van der Waals surface area contributed by atoms with Crippen LogP contribution in [0, 0.1) is 5.92 Å². The van der Waals surface area contributed by atoms with Crippen molar-refractivity contribution in [3.63, 3.8) is 0 Å². The molecule has 4 nitrogen and oxygen atoms in total. The first kappa shape index (κ1) is 13.7. The quantitative estimate of drug-likeness (QED) is 0.400. The Morgan fingerprint density at radius 1 is 1.40 bits per heavy atom. The predicted octanol–water partition coefficient (Wildman–Crippen LogP) is 2.00. The zero-order chi connectivity index (χ0) is 11.8. The average molecular weight is 214 g/mol. The van der Waals surface area contributed by atoms with Crippen molar-refractivity contribution in [3.8, 4) is 0 Å². The van der Waals surface area contributed by atoms with Crippen LogP contribution in [-0.4, -0.2) is 23.7 Å². The van der Waals surface area contributed by atoms with Gasteiger partial charge in [0.1, 0.15) is 0 Å². The van der Waals surface area contributed by atoms with Crippen molar-refractivity contribution in [3.05, 3.63) is 12.2 Å². The van der Waals surface area contributed by atoms with Crippen molar-refractivity contribution in [2.24, 2.45) is 5.92 Å². The first-order valence-corrected chi connectivity index (χ1v) is 5.00. The Hall–Kier alpha value is -1.32. The minimum absolute atomic E-state index is 0.00736. The van der Waals surface area contributed by atoms with Gasteiger partial charge in [-0.05, 0) is 18.8 Å². The molecule has 0 rings (SSSR count). The van der Waals surface area contributed by atoms with E-state index in [1.807, 2.05) is 0 Å². The maximum atomic E-state index is 11.1. The number of rotatable bonds is 7. The molecule has 0 fully saturated rings. The number of carbonyl (C=O) groups excluding carboxylic acids is 1. The standard InChI is InChI=1S/C11H18O4/c1-8(2)5-4-6-15-11(14)9(3)7-10(12)13/h8H,3-7H2,1-2H3,(H,12,13). The number of esters is 1. The molecule has 86 valence electrons. The molecule has 0 spiro atoms. The summed E-state index contributed by atoms with van der Waals surface area (Å²) in [6, 6.07) is 0. The van der Waals surface area contributed by atoms with Crippen LogP contribution in [0.15, 0.2) is 12.2 Å². The van der Waals surface area contributed by atoms with Crippen molar-refractivity contribution in [1.82, 2.24) is 0 Å². The third-order valence-corrected chi connectivity index (χ3v) is 1.81. The SMILES string of the molecule is C=C(CC(=O)O)C(=O)OCCCC(C)C. The Balaban J connectivity index is 3.65. The van der Waals surface area contributed by atoms with E-state index in [0.717, 1.165) is 12.8 Å². The van der Waals surface area contributed by atoms with Crippen molar-refractivity contribution in [2.75, 3.05) is 6.61 Å². The summed E-state index contributed by atoms with van der Waals surface area (Å²) in [6.07, 6.45) is 1.42. The lowest BCUT2D eigenvalue weighted by molar-refractivity contribution is -0.142. The minimum atomic E-state index is -1.07. The fraction of sp³-hybridized carbons (Fsp3) is 0.636. The summed E-state index contributed by atoms with van der Waals surface area (Å²) >= 11 is 0. The van der Waals surface area contributed by atoms with E-state index in [4.69, 9.17) is 9.84 Å². The van der Waals surface area contributed by atoms with Gasteiger partial charge < -0.3 is 9.84 Å². The molecule has 0 radical (unpaired) electrons. The molecule has 0 atom stereocenters. The summed E-state index contributed by atoms with van der Waals surface area (Å²) < 4.78 is 4.85. The van der Waals surface area contributed by atoms with Crippen LogP contribution in [-0.2, 0) is 14.3 Å². The Kier molecular flexibility index (Phi) is 6.42. The lowest BCUT2D eigenvalue weighted by Crippen LogP contribution is -2.11. The molecule has 4 heteroatoms. The van der Waals surface area contributed by atoms with Crippen LogP contribution >= 0.6 is 0 Å². The Bertz CT molecular complexity index is 243. The second-order valence-electron chi connectivity index (χ2n) is 3.85. The van der Waals surface area contributed by atoms with Crippen LogP contribution < -0.4 is 0 Å². The van der Waals surface area contributed by atoms with Crippen LogP contribution in [0.3, 0.4) is 0 Å². The van der Waals surface area contributed by atoms with Gasteiger partial charge in [0, 0.05) is 5.57 Å². The number of carboxylic acid groups (broad SMARTS) is 1. The lowest BCUT2D eigenvalue weighted by atomic mass is 10.1. The van der Waals surface area contributed by atoms with Gasteiger partial charge in [0.25, 0.3) is 0 Å². The van der Waals surface area contributed by atoms with Gasteiger partial charge in [-0.2, -0.15) is 0 Å². The highest BCUT2D eigenvalue weighted by Crippen LogP contribution is 2.05. The van der Waals surface area contributed by atoms with E-state index >= 15 is 0 Å². The molecule has 0 aromatic carbocycles. The third kappa shape index (κ3) is 7.73. The van der Waals surface area contributed by atoms with Crippen LogP contribution in [0.4, 0.5) is 0 Å². The zero-order valence-electron chi connectivity index (χ0n) is 9.28. The molecule has 0 saturated carbocycles. The largest absolute Gasteiger partial charge is 0.481 e.